The van der Waals surface area contributed by atoms with Crippen LogP contribution in [0.1, 0.15) is 53.0 Å². The van der Waals surface area contributed by atoms with Gasteiger partial charge in [0.1, 0.15) is 0 Å². The van der Waals surface area contributed by atoms with Crippen LogP contribution in [0.5, 0.6) is 0 Å². The fraction of sp³-hybridized carbons (Fsp3) is 0.632. The molecule has 1 amide bonds. The van der Waals surface area contributed by atoms with Crippen molar-refractivity contribution in [2.45, 2.75) is 51.7 Å². The Balaban J connectivity index is 1.45. The van der Waals surface area contributed by atoms with Gasteiger partial charge in [0.2, 0.25) is 0 Å². The summed E-state index contributed by atoms with van der Waals surface area (Å²) in [5.41, 5.74) is 2.82. The summed E-state index contributed by atoms with van der Waals surface area (Å²) < 4.78 is 0. The van der Waals surface area contributed by atoms with Crippen molar-refractivity contribution >= 4 is 35.1 Å². The van der Waals surface area contributed by atoms with Gasteiger partial charge in [-0.2, -0.15) is 0 Å². The second kappa shape index (κ2) is 8.54. The first-order valence-corrected chi connectivity index (χ1v) is 10.9. The first-order chi connectivity index (χ1) is 11.6. The lowest BCUT2D eigenvalue weighted by molar-refractivity contribution is -0.116. The second-order valence-electron chi connectivity index (χ2n) is 6.79. The average Bonchev–Trinajstić information content (AvgIpc) is 2.77. The quantitative estimate of drug-likeness (QED) is 0.789. The third kappa shape index (κ3) is 4.44. The molecule has 1 saturated heterocycles. The van der Waals surface area contributed by atoms with Gasteiger partial charge in [-0.15, -0.1) is 23.1 Å². The van der Waals surface area contributed by atoms with Gasteiger partial charge in [-0.3, -0.25) is 4.79 Å². The van der Waals surface area contributed by atoms with Crippen LogP contribution in [0.4, 0.5) is 0 Å². The number of fused-ring (bicyclic) bond motifs is 1. The number of aryl methyl sites for hydroxylation is 1. The summed E-state index contributed by atoms with van der Waals surface area (Å²) in [7, 11) is 0. The molecule has 5 heteroatoms. The Labute approximate surface area is 153 Å². The van der Waals surface area contributed by atoms with E-state index in [0.29, 0.717) is 0 Å². The fourth-order valence-corrected chi connectivity index (χ4v) is 5.76. The number of carbonyl (C=O) groups excluding carboxylic acids is 1. The molecular weight excluding hydrogens is 336 g/mol. The maximum atomic E-state index is 12.4. The monoisotopic (exact) mass is 364 g/mol. The van der Waals surface area contributed by atoms with Crippen molar-refractivity contribution in [2.75, 3.05) is 26.2 Å². The van der Waals surface area contributed by atoms with Crippen LogP contribution in [0.25, 0.3) is 6.08 Å². The minimum Gasteiger partial charge on any atom is -0.352 e. The SMILES string of the molecule is Cc1sc2c(c1C)CSC(C(=O)NCCCN1CCCCCC1)=C2. The van der Waals surface area contributed by atoms with Crippen LogP contribution in [0, 0.1) is 13.8 Å². The number of hydrogen-bond acceptors (Lipinski definition) is 4. The summed E-state index contributed by atoms with van der Waals surface area (Å²) in [5, 5.41) is 3.11. The average molecular weight is 365 g/mol. The summed E-state index contributed by atoms with van der Waals surface area (Å²) in [5.74, 6) is 1.03. The Kier molecular flexibility index (Phi) is 6.42. The van der Waals surface area contributed by atoms with Crippen molar-refractivity contribution in [2.24, 2.45) is 0 Å². The van der Waals surface area contributed by atoms with E-state index in [9.17, 15) is 4.79 Å². The molecule has 0 unspecified atom stereocenters. The molecule has 0 bridgehead atoms. The van der Waals surface area contributed by atoms with E-state index >= 15 is 0 Å². The Morgan fingerprint density at radius 1 is 1.21 bits per heavy atom. The number of thiophene rings is 1. The van der Waals surface area contributed by atoms with Gasteiger partial charge >= 0.3 is 0 Å². The number of nitrogens with one attached hydrogen (secondary N) is 1. The lowest BCUT2D eigenvalue weighted by Gasteiger charge is -2.19. The topological polar surface area (TPSA) is 32.3 Å². The first kappa shape index (κ1) is 18.0. The number of carbonyl (C=O) groups is 1. The van der Waals surface area contributed by atoms with E-state index in [1.165, 1.54) is 59.7 Å². The minimum absolute atomic E-state index is 0.102. The molecule has 1 aromatic rings. The summed E-state index contributed by atoms with van der Waals surface area (Å²) in [6.45, 7) is 8.71. The van der Waals surface area contributed by atoms with E-state index in [2.05, 4.69) is 30.1 Å². The summed E-state index contributed by atoms with van der Waals surface area (Å²) >= 11 is 3.49. The number of hydrogen-bond donors (Lipinski definition) is 1. The molecule has 2 aliphatic rings. The molecule has 0 aliphatic carbocycles. The lowest BCUT2D eigenvalue weighted by atomic mass is 10.1. The molecule has 0 radical (unpaired) electrons. The smallest absolute Gasteiger partial charge is 0.257 e. The Bertz CT molecular complexity index is 613. The molecule has 3 rings (SSSR count). The maximum absolute atomic E-state index is 12.4. The van der Waals surface area contributed by atoms with Crippen LogP contribution in [-0.4, -0.2) is 37.0 Å². The third-order valence-electron chi connectivity index (χ3n) is 5.03. The maximum Gasteiger partial charge on any atom is 0.257 e. The zero-order chi connectivity index (χ0) is 16.9. The van der Waals surface area contributed by atoms with Gasteiger partial charge in [0.15, 0.2) is 0 Å². The van der Waals surface area contributed by atoms with Gasteiger partial charge in [-0.25, -0.2) is 0 Å². The van der Waals surface area contributed by atoms with Gasteiger partial charge in [-0.1, -0.05) is 12.8 Å². The van der Waals surface area contributed by atoms with Crippen molar-refractivity contribution in [3.63, 3.8) is 0 Å². The normalized spacial score (nSPS) is 18.7. The summed E-state index contributed by atoms with van der Waals surface area (Å²) in [6, 6.07) is 0. The second-order valence-corrected chi connectivity index (χ2v) is 9.06. The van der Waals surface area contributed by atoms with Crippen molar-refractivity contribution in [3.8, 4) is 0 Å². The number of nitrogens with zero attached hydrogens (tertiary/aromatic N) is 1. The van der Waals surface area contributed by atoms with Gasteiger partial charge in [0.25, 0.3) is 5.91 Å². The highest BCUT2D eigenvalue weighted by Crippen LogP contribution is 2.39. The van der Waals surface area contributed by atoms with Crippen molar-refractivity contribution < 1.29 is 4.79 Å². The molecule has 2 aliphatic heterocycles. The van der Waals surface area contributed by atoms with Crippen molar-refractivity contribution in [1.82, 2.24) is 10.2 Å². The van der Waals surface area contributed by atoms with E-state index in [4.69, 9.17) is 0 Å². The zero-order valence-electron chi connectivity index (χ0n) is 14.8. The van der Waals surface area contributed by atoms with Crippen molar-refractivity contribution in [3.05, 3.63) is 25.8 Å². The van der Waals surface area contributed by atoms with Gasteiger partial charge in [0.05, 0.1) is 4.91 Å². The van der Waals surface area contributed by atoms with Crippen LogP contribution in [0.2, 0.25) is 0 Å². The molecule has 1 N–H and O–H groups in total. The van der Waals surface area contributed by atoms with Crippen LogP contribution < -0.4 is 5.32 Å². The molecule has 0 aromatic carbocycles. The Morgan fingerprint density at radius 2 is 1.96 bits per heavy atom. The molecule has 0 spiro atoms. The minimum atomic E-state index is 0.102. The highest BCUT2D eigenvalue weighted by molar-refractivity contribution is 8.03. The summed E-state index contributed by atoms with van der Waals surface area (Å²) in [6.07, 6.45) is 8.55. The van der Waals surface area contributed by atoms with E-state index in [-0.39, 0.29) is 5.91 Å². The standard InChI is InChI=1S/C19H28N2OS2/c1-14-15(2)24-17-12-18(23-13-16(14)17)19(22)20-8-7-11-21-9-5-3-4-6-10-21/h12H,3-11,13H2,1-2H3,(H,20,22). The third-order valence-corrected chi connectivity index (χ3v) is 7.28. The largest absolute Gasteiger partial charge is 0.352 e. The van der Waals surface area contributed by atoms with Crippen LogP contribution in [0.3, 0.4) is 0 Å². The Hall–Kier alpha value is -0.780. The van der Waals surface area contributed by atoms with Crippen LogP contribution >= 0.6 is 23.1 Å². The predicted octanol–water partition coefficient (Wildman–Crippen LogP) is 4.33. The van der Waals surface area contributed by atoms with Gasteiger partial charge < -0.3 is 10.2 Å². The molecule has 1 fully saturated rings. The van der Waals surface area contributed by atoms with E-state index in [1.807, 2.05) is 11.3 Å². The fourth-order valence-electron chi connectivity index (χ4n) is 3.39. The molecule has 132 valence electrons. The zero-order valence-corrected chi connectivity index (χ0v) is 16.5. The van der Waals surface area contributed by atoms with E-state index < -0.39 is 0 Å². The molecule has 1 aromatic heterocycles. The molecular formula is C19H28N2OS2. The van der Waals surface area contributed by atoms with Gasteiger partial charge in [0, 0.05) is 22.1 Å². The molecule has 0 atom stereocenters. The highest BCUT2D eigenvalue weighted by Gasteiger charge is 2.20. The van der Waals surface area contributed by atoms with E-state index in [0.717, 1.165) is 30.2 Å². The molecule has 24 heavy (non-hydrogen) atoms. The van der Waals surface area contributed by atoms with Crippen molar-refractivity contribution in [1.29, 1.82) is 0 Å². The molecule has 3 heterocycles. The summed E-state index contributed by atoms with van der Waals surface area (Å²) in [4.78, 5) is 18.5. The number of likely N-dealkylation sites (tertiary alicyclic amines) is 1. The predicted molar refractivity (Wildman–Crippen MR) is 106 cm³/mol. The first-order valence-electron chi connectivity index (χ1n) is 9.09. The number of rotatable bonds is 5. The van der Waals surface area contributed by atoms with E-state index in [1.54, 1.807) is 11.8 Å². The van der Waals surface area contributed by atoms with Crippen LogP contribution in [0.15, 0.2) is 4.91 Å². The van der Waals surface area contributed by atoms with Gasteiger partial charge in [-0.05, 0) is 69.9 Å². The highest BCUT2D eigenvalue weighted by atomic mass is 32.2. The van der Waals surface area contributed by atoms with Crippen LogP contribution in [-0.2, 0) is 10.5 Å². The number of amides is 1. The number of thioether (sulfide) groups is 1. The molecule has 0 saturated carbocycles. The Morgan fingerprint density at radius 3 is 2.71 bits per heavy atom. The molecule has 3 nitrogen and oxygen atoms in total. The lowest BCUT2D eigenvalue weighted by Crippen LogP contribution is -2.31.